The van der Waals surface area contributed by atoms with Gasteiger partial charge in [-0.3, -0.25) is 10.1 Å². The third kappa shape index (κ3) is 1.87. The molecule has 1 aliphatic heterocycles. The summed E-state index contributed by atoms with van der Waals surface area (Å²) in [5.41, 5.74) is 0.815. The van der Waals surface area contributed by atoms with Crippen LogP contribution in [-0.4, -0.2) is 11.0 Å². The smallest absolute Gasteiger partial charge is 0.286 e. The molecule has 0 aliphatic carbocycles. The van der Waals surface area contributed by atoms with Crippen molar-refractivity contribution in [2.75, 3.05) is 0 Å². The number of hydrogen-bond donors (Lipinski definition) is 0. The van der Waals surface area contributed by atoms with Crippen LogP contribution >= 0.6 is 15.9 Å². The van der Waals surface area contributed by atoms with Crippen LogP contribution in [0.1, 0.15) is 12.5 Å². The van der Waals surface area contributed by atoms with Crippen molar-refractivity contribution in [3.05, 3.63) is 44.0 Å². The summed E-state index contributed by atoms with van der Waals surface area (Å²) in [6.07, 6.45) is 1.04. The number of fused-ring (bicyclic) bond motifs is 1. The van der Waals surface area contributed by atoms with Crippen LogP contribution in [0.25, 0.3) is 6.08 Å². The lowest BCUT2D eigenvalue weighted by atomic mass is 10.1. The van der Waals surface area contributed by atoms with Crippen molar-refractivity contribution in [1.29, 1.82) is 0 Å². The number of halogens is 1. The highest BCUT2D eigenvalue weighted by Crippen LogP contribution is 2.31. The number of benzene rings is 1. The predicted molar refractivity (Wildman–Crippen MR) is 59.2 cm³/mol. The Labute approximate surface area is 94.8 Å². The molecule has 0 radical (unpaired) electrons. The Kier molecular flexibility index (Phi) is 2.48. The van der Waals surface area contributed by atoms with Crippen LogP contribution in [0.4, 0.5) is 0 Å². The van der Waals surface area contributed by atoms with Crippen LogP contribution in [0, 0.1) is 10.1 Å². The molecule has 15 heavy (non-hydrogen) atoms. The van der Waals surface area contributed by atoms with Crippen molar-refractivity contribution in [3.8, 4) is 5.75 Å². The molecule has 0 spiro atoms. The van der Waals surface area contributed by atoms with Gasteiger partial charge in [0.2, 0.25) is 0 Å². The highest BCUT2D eigenvalue weighted by atomic mass is 79.9. The van der Waals surface area contributed by atoms with Gasteiger partial charge in [0.1, 0.15) is 5.75 Å². The second kappa shape index (κ2) is 3.66. The molecule has 5 heteroatoms. The maximum absolute atomic E-state index is 10.7. The number of nitro groups is 1. The van der Waals surface area contributed by atoms with Gasteiger partial charge in [-0.15, -0.1) is 0 Å². The first kappa shape index (κ1) is 10.2. The zero-order valence-corrected chi connectivity index (χ0v) is 9.52. The van der Waals surface area contributed by atoms with E-state index in [1.807, 2.05) is 6.07 Å². The van der Waals surface area contributed by atoms with E-state index in [1.165, 1.54) is 0 Å². The number of nitrogens with zero attached hydrogens (tertiary/aromatic N) is 1. The average Bonchev–Trinajstić information content (AvgIpc) is 2.17. The molecular formula is C10H8BrNO3. The average molecular weight is 270 g/mol. The highest BCUT2D eigenvalue weighted by Gasteiger charge is 2.27. The molecule has 0 amide bonds. The molecule has 1 unspecified atom stereocenters. The van der Waals surface area contributed by atoms with E-state index in [4.69, 9.17) is 4.74 Å². The van der Waals surface area contributed by atoms with E-state index in [9.17, 15) is 10.1 Å². The molecule has 4 nitrogen and oxygen atoms in total. The lowest BCUT2D eigenvalue weighted by Gasteiger charge is -2.19. The van der Waals surface area contributed by atoms with Crippen LogP contribution in [-0.2, 0) is 0 Å². The second-order valence-corrected chi connectivity index (χ2v) is 4.18. The van der Waals surface area contributed by atoms with Crippen molar-refractivity contribution in [3.63, 3.8) is 0 Å². The molecule has 0 N–H and O–H groups in total. The SMILES string of the molecule is CC1Oc2ccc(Br)cc2C=C1[N+](=O)[O-]. The second-order valence-electron chi connectivity index (χ2n) is 3.27. The first-order chi connectivity index (χ1) is 7.08. The Morgan fingerprint density at radius 1 is 1.53 bits per heavy atom. The fourth-order valence-electron chi connectivity index (χ4n) is 1.47. The molecule has 0 bridgehead atoms. The van der Waals surface area contributed by atoms with Gasteiger partial charge in [0.15, 0.2) is 6.10 Å². The van der Waals surface area contributed by atoms with Gasteiger partial charge < -0.3 is 4.74 Å². The zero-order valence-electron chi connectivity index (χ0n) is 7.94. The van der Waals surface area contributed by atoms with Crippen LogP contribution in [0.15, 0.2) is 28.4 Å². The minimum Gasteiger partial charge on any atom is -0.479 e. The molecule has 2 rings (SSSR count). The molecular weight excluding hydrogens is 262 g/mol. The van der Waals surface area contributed by atoms with Gasteiger partial charge in [-0.2, -0.15) is 0 Å². The number of ether oxygens (including phenoxy) is 1. The van der Waals surface area contributed by atoms with E-state index >= 15 is 0 Å². The van der Waals surface area contributed by atoms with E-state index < -0.39 is 11.0 Å². The summed E-state index contributed by atoms with van der Waals surface area (Å²) in [4.78, 5) is 10.3. The summed E-state index contributed by atoms with van der Waals surface area (Å²) >= 11 is 3.31. The molecule has 1 aromatic rings. The summed E-state index contributed by atoms with van der Waals surface area (Å²) in [5.74, 6) is 0.677. The van der Waals surface area contributed by atoms with E-state index in [0.29, 0.717) is 5.75 Å². The topological polar surface area (TPSA) is 52.4 Å². The van der Waals surface area contributed by atoms with Gasteiger partial charge in [-0.25, -0.2) is 0 Å². The molecule has 0 saturated carbocycles. The normalized spacial score (nSPS) is 18.8. The molecule has 1 heterocycles. The molecule has 1 aromatic carbocycles. The lowest BCUT2D eigenvalue weighted by Crippen LogP contribution is -2.23. The Hall–Kier alpha value is -1.36. The summed E-state index contributed by atoms with van der Waals surface area (Å²) in [7, 11) is 0. The van der Waals surface area contributed by atoms with Crippen LogP contribution < -0.4 is 4.74 Å². The maximum Gasteiger partial charge on any atom is 0.286 e. The summed E-state index contributed by atoms with van der Waals surface area (Å²) in [6.45, 7) is 1.67. The summed E-state index contributed by atoms with van der Waals surface area (Å²) < 4.78 is 6.30. The van der Waals surface area contributed by atoms with E-state index in [1.54, 1.807) is 25.1 Å². The first-order valence-electron chi connectivity index (χ1n) is 4.40. The van der Waals surface area contributed by atoms with Gasteiger partial charge in [0, 0.05) is 16.1 Å². The Bertz CT molecular complexity index is 456. The van der Waals surface area contributed by atoms with Crippen molar-refractivity contribution in [2.45, 2.75) is 13.0 Å². The van der Waals surface area contributed by atoms with Gasteiger partial charge in [-0.05, 0) is 25.1 Å². The quantitative estimate of drug-likeness (QED) is 0.582. The fraction of sp³-hybridized carbons (Fsp3) is 0.200. The maximum atomic E-state index is 10.7. The van der Waals surface area contributed by atoms with Crippen LogP contribution in [0.2, 0.25) is 0 Å². The molecule has 0 fully saturated rings. The lowest BCUT2D eigenvalue weighted by molar-refractivity contribution is -0.433. The minimum absolute atomic E-state index is 0.0839. The number of hydrogen-bond acceptors (Lipinski definition) is 3. The van der Waals surface area contributed by atoms with Crippen LogP contribution in [0.5, 0.6) is 5.75 Å². The predicted octanol–water partition coefficient (Wildman–Crippen LogP) is 2.85. The van der Waals surface area contributed by atoms with E-state index in [0.717, 1.165) is 10.0 Å². The van der Waals surface area contributed by atoms with E-state index in [2.05, 4.69) is 15.9 Å². The first-order valence-corrected chi connectivity index (χ1v) is 5.19. The molecule has 1 atom stereocenters. The van der Waals surface area contributed by atoms with Gasteiger partial charge in [0.05, 0.1) is 4.92 Å². The molecule has 1 aliphatic rings. The van der Waals surface area contributed by atoms with Gasteiger partial charge in [-0.1, -0.05) is 15.9 Å². The van der Waals surface area contributed by atoms with Crippen molar-refractivity contribution in [1.82, 2.24) is 0 Å². The fourth-order valence-corrected chi connectivity index (χ4v) is 1.85. The number of rotatable bonds is 1. The molecule has 78 valence electrons. The third-order valence-corrected chi connectivity index (χ3v) is 2.70. The molecule has 0 saturated heterocycles. The van der Waals surface area contributed by atoms with Crippen molar-refractivity contribution < 1.29 is 9.66 Å². The monoisotopic (exact) mass is 269 g/mol. The summed E-state index contributed by atoms with van der Waals surface area (Å²) in [5, 5.41) is 10.7. The molecule has 0 aromatic heterocycles. The Morgan fingerprint density at radius 3 is 2.93 bits per heavy atom. The Balaban J connectivity index is 2.51. The van der Waals surface area contributed by atoms with Crippen LogP contribution in [0.3, 0.4) is 0 Å². The standard InChI is InChI=1S/C10H8BrNO3/c1-6-9(12(13)14)5-7-4-8(11)2-3-10(7)15-6/h2-6H,1H3. The largest absolute Gasteiger partial charge is 0.479 e. The third-order valence-electron chi connectivity index (χ3n) is 2.21. The van der Waals surface area contributed by atoms with Crippen molar-refractivity contribution in [2.24, 2.45) is 0 Å². The van der Waals surface area contributed by atoms with E-state index in [-0.39, 0.29) is 5.70 Å². The zero-order chi connectivity index (χ0) is 11.0. The van der Waals surface area contributed by atoms with Gasteiger partial charge in [0.25, 0.3) is 5.70 Å². The minimum atomic E-state index is -0.506. The Morgan fingerprint density at radius 2 is 2.27 bits per heavy atom. The highest BCUT2D eigenvalue weighted by molar-refractivity contribution is 9.10. The summed E-state index contributed by atoms with van der Waals surface area (Å²) in [6, 6.07) is 5.43. The van der Waals surface area contributed by atoms with Crippen molar-refractivity contribution >= 4 is 22.0 Å². The van der Waals surface area contributed by atoms with Gasteiger partial charge >= 0.3 is 0 Å².